The molecule has 0 radical (unpaired) electrons. The minimum absolute atomic E-state index is 0.133. The minimum Gasteiger partial charge on any atom is -0.469 e. The molecular weight excluding hydrogens is 269 g/mol. The lowest BCUT2D eigenvalue weighted by molar-refractivity contribution is -0.130. The third-order valence-electron chi connectivity index (χ3n) is 4.00. The van der Waals surface area contributed by atoms with Crippen molar-refractivity contribution < 1.29 is 13.6 Å². The summed E-state index contributed by atoms with van der Waals surface area (Å²) in [5.41, 5.74) is 0.866. The Hall–Kier alpha value is -2.10. The molecular formula is C17H18FNO2. The summed E-state index contributed by atoms with van der Waals surface area (Å²) in [6.07, 6.45) is 3.62. The van der Waals surface area contributed by atoms with Gasteiger partial charge in [-0.25, -0.2) is 4.39 Å². The van der Waals surface area contributed by atoms with E-state index < -0.39 is 0 Å². The number of rotatable bonds is 4. The van der Waals surface area contributed by atoms with Gasteiger partial charge >= 0.3 is 0 Å². The highest BCUT2D eigenvalue weighted by atomic mass is 19.1. The number of hydrogen-bond donors (Lipinski definition) is 0. The van der Waals surface area contributed by atoms with Gasteiger partial charge in [0.2, 0.25) is 5.91 Å². The molecule has 1 aromatic carbocycles. The summed E-state index contributed by atoms with van der Waals surface area (Å²) in [5, 5.41) is 0. The molecule has 1 aliphatic heterocycles. The van der Waals surface area contributed by atoms with Gasteiger partial charge in [-0.2, -0.15) is 0 Å². The van der Waals surface area contributed by atoms with E-state index in [1.807, 2.05) is 23.1 Å². The second-order valence-electron chi connectivity index (χ2n) is 5.47. The molecule has 2 aromatic rings. The number of aryl methyl sites for hydroxylation is 1. The fourth-order valence-corrected chi connectivity index (χ4v) is 2.84. The predicted octanol–water partition coefficient (Wildman–Crippen LogP) is 3.37. The van der Waals surface area contributed by atoms with Crippen LogP contribution in [0.4, 0.5) is 4.39 Å². The first-order valence-electron chi connectivity index (χ1n) is 7.28. The van der Waals surface area contributed by atoms with Crippen LogP contribution in [0, 0.1) is 5.82 Å². The molecule has 21 heavy (non-hydrogen) atoms. The van der Waals surface area contributed by atoms with Crippen molar-refractivity contribution >= 4 is 5.91 Å². The summed E-state index contributed by atoms with van der Waals surface area (Å²) >= 11 is 0. The summed E-state index contributed by atoms with van der Waals surface area (Å²) in [5.74, 6) is 1.14. The average Bonchev–Trinajstić information content (AvgIpc) is 3.15. The molecule has 1 atom stereocenters. The largest absolute Gasteiger partial charge is 0.469 e. The molecule has 1 aromatic heterocycles. The van der Waals surface area contributed by atoms with E-state index in [0.717, 1.165) is 30.8 Å². The second-order valence-corrected chi connectivity index (χ2v) is 5.47. The number of carbonyl (C=O) groups excluding carboxylic acids is 1. The molecule has 3 nitrogen and oxygen atoms in total. The number of amides is 1. The highest BCUT2D eigenvalue weighted by Crippen LogP contribution is 2.27. The number of halogens is 1. The fraction of sp³-hybridized carbons (Fsp3) is 0.353. The Morgan fingerprint density at radius 1 is 1.33 bits per heavy atom. The van der Waals surface area contributed by atoms with Gasteiger partial charge < -0.3 is 9.32 Å². The average molecular weight is 287 g/mol. The van der Waals surface area contributed by atoms with Gasteiger partial charge in [0, 0.05) is 25.4 Å². The van der Waals surface area contributed by atoms with Crippen LogP contribution in [0.1, 0.15) is 30.1 Å². The zero-order valence-corrected chi connectivity index (χ0v) is 11.8. The Morgan fingerprint density at radius 2 is 2.24 bits per heavy atom. The summed E-state index contributed by atoms with van der Waals surface area (Å²) in [4.78, 5) is 14.1. The van der Waals surface area contributed by atoms with Crippen LogP contribution in [0.2, 0.25) is 0 Å². The minimum atomic E-state index is -0.251. The van der Waals surface area contributed by atoms with Crippen LogP contribution < -0.4 is 0 Å². The Bertz CT molecular complexity index is 609. The van der Waals surface area contributed by atoms with E-state index in [4.69, 9.17) is 4.42 Å². The van der Waals surface area contributed by atoms with Gasteiger partial charge in [-0.3, -0.25) is 4.79 Å². The Kier molecular flexibility index (Phi) is 4.04. The molecule has 1 aliphatic rings. The third-order valence-corrected chi connectivity index (χ3v) is 4.00. The van der Waals surface area contributed by atoms with Gasteiger partial charge in [0.15, 0.2) is 0 Å². The summed E-state index contributed by atoms with van der Waals surface area (Å²) in [6.45, 7) is 1.49. The molecule has 3 rings (SSSR count). The highest BCUT2D eigenvalue weighted by molar-refractivity contribution is 5.76. The first-order chi connectivity index (χ1) is 10.2. The molecule has 1 fully saturated rings. The molecule has 110 valence electrons. The van der Waals surface area contributed by atoms with Crippen molar-refractivity contribution in [2.45, 2.75) is 25.2 Å². The fourth-order valence-electron chi connectivity index (χ4n) is 2.84. The molecule has 0 N–H and O–H groups in total. The maximum absolute atomic E-state index is 13.1. The predicted molar refractivity (Wildman–Crippen MR) is 77.4 cm³/mol. The van der Waals surface area contributed by atoms with Gasteiger partial charge in [-0.15, -0.1) is 0 Å². The lowest BCUT2D eigenvalue weighted by Crippen LogP contribution is -2.28. The van der Waals surface area contributed by atoms with Crippen LogP contribution in [0.5, 0.6) is 0 Å². The smallest absolute Gasteiger partial charge is 0.222 e. The van der Waals surface area contributed by atoms with Crippen LogP contribution in [-0.2, 0) is 11.2 Å². The zero-order valence-electron chi connectivity index (χ0n) is 11.8. The molecule has 0 spiro atoms. The third kappa shape index (κ3) is 3.32. The molecule has 0 bridgehead atoms. The van der Waals surface area contributed by atoms with Crippen LogP contribution in [0.15, 0.2) is 47.1 Å². The maximum atomic E-state index is 13.1. The van der Waals surface area contributed by atoms with E-state index in [-0.39, 0.29) is 11.7 Å². The summed E-state index contributed by atoms with van der Waals surface area (Å²) < 4.78 is 18.5. The van der Waals surface area contributed by atoms with E-state index in [1.54, 1.807) is 12.3 Å². The van der Waals surface area contributed by atoms with Crippen molar-refractivity contribution in [2.75, 3.05) is 13.1 Å². The second kappa shape index (κ2) is 6.12. The number of furan rings is 1. The van der Waals surface area contributed by atoms with Crippen LogP contribution in [-0.4, -0.2) is 23.9 Å². The van der Waals surface area contributed by atoms with Crippen molar-refractivity contribution in [3.05, 3.63) is 59.8 Å². The molecule has 2 heterocycles. The monoisotopic (exact) mass is 287 g/mol. The van der Waals surface area contributed by atoms with E-state index in [9.17, 15) is 9.18 Å². The first-order valence-corrected chi connectivity index (χ1v) is 7.28. The van der Waals surface area contributed by atoms with Gasteiger partial charge in [-0.1, -0.05) is 12.1 Å². The van der Waals surface area contributed by atoms with Crippen molar-refractivity contribution in [3.63, 3.8) is 0 Å². The van der Waals surface area contributed by atoms with Gasteiger partial charge in [-0.05, 0) is 42.7 Å². The summed E-state index contributed by atoms with van der Waals surface area (Å²) in [6, 6.07) is 10.3. The topological polar surface area (TPSA) is 33.5 Å². The van der Waals surface area contributed by atoms with Crippen LogP contribution in [0.3, 0.4) is 0 Å². The number of nitrogens with zero attached hydrogens (tertiary/aromatic N) is 1. The van der Waals surface area contributed by atoms with Gasteiger partial charge in [0.1, 0.15) is 11.6 Å². The molecule has 4 heteroatoms. The van der Waals surface area contributed by atoms with Crippen molar-refractivity contribution in [3.8, 4) is 0 Å². The Labute approximate surface area is 123 Å². The molecule has 1 unspecified atom stereocenters. The first kappa shape index (κ1) is 13.9. The van der Waals surface area contributed by atoms with E-state index >= 15 is 0 Å². The SMILES string of the molecule is O=C(CCc1cccc(F)c1)N1CCC(c2ccco2)C1. The number of carbonyl (C=O) groups is 1. The Morgan fingerprint density at radius 3 is 3.00 bits per heavy atom. The maximum Gasteiger partial charge on any atom is 0.222 e. The van der Waals surface area contributed by atoms with Crippen molar-refractivity contribution in [1.82, 2.24) is 4.90 Å². The molecule has 0 aliphatic carbocycles. The molecule has 1 amide bonds. The van der Waals surface area contributed by atoms with Crippen LogP contribution in [0.25, 0.3) is 0 Å². The number of benzene rings is 1. The summed E-state index contributed by atoms with van der Waals surface area (Å²) in [7, 11) is 0. The Balaban J connectivity index is 1.52. The van der Waals surface area contributed by atoms with E-state index in [2.05, 4.69) is 0 Å². The van der Waals surface area contributed by atoms with Crippen molar-refractivity contribution in [1.29, 1.82) is 0 Å². The quantitative estimate of drug-likeness (QED) is 0.864. The van der Waals surface area contributed by atoms with Gasteiger partial charge in [0.25, 0.3) is 0 Å². The molecule has 1 saturated heterocycles. The van der Waals surface area contributed by atoms with Crippen LogP contribution >= 0.6 is 0 Å². The number of likely N-dealkylation sites (tertiary alicyclic amines) is 1. The number of hydrogen-bond acceptors (Lipinski definition) is 2. The standard InChI is InChI=1S/C17H18FNO2/c18-15-4-1-3-13(11-15)6-7-17(20)19-9-8-14(12-19)16-5-2-10-21-16/h1-5,10-11,14H,6-9,12H2. The van der Waals surface area contributed by atoms with E-state index in [1.165, 1.54) is 12.1 Å². The van der Waals surface area contributed by atoms with E-state index in [0.29, 0.717) is 18.8 Å². The lowest BCUT2D eigenvalue weighted by Gasteiger charge is -2.16. The molecule has 0 saturated carbocycles. The normalized spacial score (nSPS) is 18.1. The van der Waals surface area contributed by atoms with Gasteiger partial charge in [0.05, 0.1) is 6.26 Å². The lowest BCUT2D eigenvalue weighted by atomic mass is 10.1. The zero-order chi connectivity index (χ0) is 14.7. The highest BCUT2D eigenvalue weighted by Gasteiger charge is 2.28. The van der Waals surface area contributed by atoms with Crippen molar-refractivity contribution in [2.24, 2.45) is 0 Å².